The summed E-state index contributed by atoms with van der Waals surface area (Å²) in [6.07, 6.45) is 1.75. The molecule has 78 valence electrons. The SMILES string of the molecule is Cc1ccn(-c2ccc(CBr)cc2F)n1. The van der Waals surface area contributed by atoms with Crippen molar-refractivity contribution in [3.63, 3.8) is 0 Å². The highest BCUT2D eigenvalue weighted by Gasteiger charge is 2.05. The van der Waals surface area contributed by atoms with E-state index in [9.17, 15) is 4.39 Å². The zero-order valence-corrected chi connectivity index (χ0v) is 9.83. The van der Waals surface area contributed by atoms with Gasteiger partial charge >= 0.3 is 0 Å². The first-order valence-corrected chi connectivity index (χ1v) is 5.70. The van der Waals surface area contributed by atoms with Gasteiger partial charge in [0.2, 0.25) is 0 Å². The number of nitrogens with zero attached hydrogens (tertiary/aromatic N) is 2. The number of benzene rings is 1. The Balaban J connectivity index is 2.45. The number of hydrogen-bond acceptors (Lipinski definition) is 1. The molecule has 0 saturated heterocycles. The molecule has 0 atom stereocenters. The molecule has 1 aromatic heterocycles. The van der Waals surface area contributed by atoms with E-state index in [1.165, 1.54) is 6.07 Å². The second-order valence-corrected chi connectivity index (χ2v) is 3.88. The van der Waals surface area contributed by atoms with Crippen molar-refractivity contribution in [1.82, 2.24) is 9.78 Å². The summed E-state index contributed by atoms with van der Waals surface area (Å²) in [5.41, 5.74) is 2.27. The number of halogens is 2. The van der Waals surface area contributed by atoms with Crippen molar-refractivity contribution >= 4 is 15.9 Å². The van der Waals surface area contributed by atoms with Crippen LogP contribution in [0.3, 0.4) is 0 Å². The Kier molecular flexibility index (Phi) is 2.86. The zero-order valence-electron chi connectivity index (χ0n) is 8.24. The van der Waals surface area contributed by atoms with E-state index in [1.54, 1.807) is 16.9 Å². The Morgan fingerprint density at radius 1 is 1.40 bits per heavy atom. The Hall–Kier alpha value is -1.16. The monoisotopic (exact) mass is 268 g/mol. The summed E-state index contributed by atoms with van der Waals surface area (Å²) in [6, 6.07) is 6.97. The number of alkyl halides is 1. The Morgan fingerprint density at radius 2 is 2.20 bits per heavy atom. The zero-order chi connectivity index (χ0) is 10.8. The summed E-state index contributed by atoms with van der Waals surface area (Å²) in [7, 11) is 0. The van der Waals surface area contributed by atoms with Gasteiger partial charge in [-0.15, -0.1) is 0 Å². The first-order valence-electron chi connectivity index (χ1n) is 4.58. The molecule has 0 aliphatic carbocycles. The minimum Gasteiger partial charge on any atom is -0.238 e. The van der Waals surface area contributed by atoms with E-state index >= 15 is 0 Å². The molecule has 0 N–H and O–H groups in total. The molecule has 0 spiro atoms. The van der Waals surface area contributed by atoms with Crippen LogP contribution < -0.4 is 0 Å². The van der Waals surface area contributed by atoms with E-state index in [-0.39, 0.29) is 5.82 Å². The third kappa shape index (κ3) is 2.09. The molecule has 0 saturated carbocycles. The second-order valence-electron chi connectivity index (χ2n) is 3.32. The average molecular weight is 269 g/mol. The minimum atomic E-state index is -0.255. The standard InChI is InChI=1S/C11H10BrFN2/c1-8-4-5-15(14-8)11-3-2-9(7-12)6-10(11)13/h2-6H,7H2,1H3. The Bertz CT molecular complexity index is 479. The fourth-order valence-corrected chi connectivity index (χ4v) is 1.72. The Labute approximate surface area is 95.9 Å². The minimum absolute atomic E-state index is 0.255. The molecule has 2 rings (SSSR count). The van der Waals surface area contributed by atoms with Gasteiger partial charge in [0.05, 0.1) is 5.69 Å². The lowest BCUT2D eigenvalue weighted by Gasteiger charge is -2.04. The number of rotatable bonds is 2. The molecule has 2 aromatic rings. The summed E-state index contributed by atoms with van der Waals surface area (Å²) >= 11 is 3.29. The fourth-order valence-electron chi connectivity index (χ4n) is 1.37. The Morgan fingerprint density at radius 3 is 2.73 bits per heavy atom. The molecular formula is C11H10BrFN2. The van der Waals surface area contributed by atoms with Crippen molar-refractivity contribution in [2.75, 3.05) is 0 Å². The van der Waals surface area contributed by atoms with Crippen molar-refractivity contribution < 1.29 is 4.39 Å². The highest BCUT2D eigenvalue weighted by atomic mass is 79.9. The smallest absolute Gasteiger partial charge is 0.149 e. The number of hydrogen-bond donors (Lipinski definition) is 0. The summed E-state index contributed by atoms with van der Waals surface area (Å²) in [5, 5.41) is 4.82. The molecule has 0 amide bonds. The van der Waals surface area contributed by atoms with Crippen molar-refractivity contribution in [2.24, 2.45) is 0 Å². The average Bonchev–Trinajstić information content (AvgIpc) is 2.64. The van der Waals surface area contributed by atoms with Gasteiger partial charge in [0.15, 0.2) is 0 Å². The summed E-state index contributed by atoms with van der Waals surface area (Å²) in [6.45, 7) is 1.88. The molecular weight excluding hydrogens is 259 g/mol. The van der Waals surface area contributed by atoms with E-state index in [1.807, 2.05) is 19.1 Å². The van der Waals surface area contributed by atoms with Gasteiger partial charge in [0.25, 0.3) is 0 Å². The first kappa shape index (κ1) is 10.4. The van der Waals surface area contributed by atoms with Crippen LogP contribution in [0.4, 0.5) is 4.39 Å². The molecule has 1 aromatic carbocycles. The topological polar surface area (TPSA) is 17.8 Å². The molecule has 0 bridgehead atoms. The van der Waals surface area contributed by atoms with Crippen molar-refractivity contribution in [3.8, 4) is 5.69 Å². The van der Waals surface area contributed by atoms with E-state index in [0.717, 1.165) is 11.3 Å². The lowest BCUT2D eigenvalue weighted by molar-refractivity contribution is 0.609. The van der Waals surface area contributed by atoms with Crippen LogP contribution in [-0.2, 0) is 5.33 Å². The van der Waals surface area contributed by atoms with Gasteiger partial charge in [-0.1, -0.05) is 22.0 Å². The molecule has 0 aliphatic rings. The lowest BCUT2D eigenvalue weighted by atomic mass is 10.2. The quantitative estimate of drug-likeness (QED) is 0.765. The molecule has 4 heteroatoms. The molecule has 1 heterocycles. The van der Waals surface area contributed by atoms with Crippen LogP contribution in [0.15, 0.2) is 30.5 Å². The van der Waals surface area contributed by atoms with Gasteiger partial charge in [-0.05, 0) is 30.7 Å². The maximum absolute atomic E-state index is 13.7. The number of aromatic nitrogens is 2. The van der Waals surface area contributed by atoms with Crippen LogP contribution in [0, 0.1) is 12.7 Å². The predicted molar refractivity (Wildman–Crippen MR) is 60.9 cm³/mol. The largest absolute Gasteiger partial charge is 0.238 e. The van der Waals surface area contributed by atoms with Gasteiger partial charge in [-0.2, -0.15) is 5.10 Å². The van der Waals surface area contributed by atoms with Crippen LogP contribution >= 0.6 is 15.9 Å². The van der Waals surface area contributed by atoms with Gasteiger partial charge < -0.3 is 0 Å². The molecule has 2 nitrogen and oxygen atoms in total. The van der Waals surface area contributed by atoms with Crippen LogP contribution in [-0.4, -0.2) is 9.78 Å². The van der Waals surface area contributed by atoms with E-state index in [4.69, 9.17) is 0 Å². The summed E-state index contributed by atoms with van der Waals surface area (Å²) < 4.78 is 15.2. The van der Waals surface area contributed by atoms with E-state index < -0.39 is 0 Å². The normalized spacial score (nSPS) is 10.6. The van der Waals surface area contributed by atoms with Crippen molar-refractivity contribution in [2.45, 2.75) is 12.3 Å². The van der Waals surface area contributed by atoms with Crippen LogP contribution in [0.1, 0.15) is 11.3 Å². The third-order valence-electron chi connectivity index (χ3n) is 2.14. The fraction of sp³-hybridized carbons (Fsp3) is 0.182. The van der Waals surface area contributed by atoms with Crippen LogP contribution in [0.5, 0.6) is 0 Å². The van der Waals surface area contributed by atoms with E-state index in [0.29, 0.717) is 11.0 Å². The van der Waals surface area contributed by atoms with Gasteiger partial charge in [-0.3, -0.25) is 0 Å². The molecule has 0 fully saturated rings. The molecule has 15 heavy (non-hydrogen) atoms. The van der Waals surface area contributed by atoms with E-state index in [2.05, 4.69) is 21.0 Å². The third-order valence-corrected chi connectivity index (χ3v) is 2.78. The molecule has 0 radical (unpaired) electrons. The predicted octanol–water partition coefficient (Wildman–Crippen LogP) is 3.21. The first-order chi connectivity index (χ1) is 7.20. The molecule has 0 aliphatic heterocycles. The summed E-state index contributed by atoms with van der Waals surface area (Å²) in [5.74, 6) is -0.255. The highest BCUT2D eigenvalue weighted by Crippen LogP contribution is 2.16. The summed E-state index contributed by atoms with van der Waals surface area (Å²) in [4.78, 5) is 0. The highest BCUT2D eigenvalue weighted by molar-refractivity contribution is 9.08. The van der Waals surface area contributed by atoms with Crippen LogP contribution in [0.25, 0.3) is 5.69 Å². The molecule has 0 unspecified atom stereocenters. The van der Waals surface area contributed by atoms with Gasteiger partial charge in [0.1, 0.15) is 11.5 Å². The maximum atomic E-state index is 13.7. The van der Waals surface area contributed by atoms with Crippen molar-refractivity contribution in [1.29, 1.82) is 0 Å². The van der Waals surface area contributed by atoms with Crippen LogP contribution in [0.2, 0.25) is 0 Å². The number of aryl methyl sites for hydroxylation is 1. The van der Waals surface area contributed by atoms with Gasteiger partial charge in [-0.25, -0.2) is 9.07 Å². The lowest BCUT2D eigenvalue weighted by Crippen LogP contribution is -1.99. The second kappa shape index (κ2) is 4.14. The maximum Gasteiger partial charge on any atom is 0.149 e. The van der Waals surface area contributed by atoms with Crippen molar-refractivity contribution in [3.05, 3.63) is 47.5 Å². The van der Waals surface area contributed by atoms with Gasteiger partial charge in [0, 0.05) is 11.5 Å².